The maximum absolute atomic E-state index is 11.9. The van der Waals surface area contributed by atoms with Crippen LogP contribution >= 0.6 is 15.9 Å². The van der Waals surface area contributed by atoms with E-state index >= 15 is 0 Å². The van der Waals surface area contributed by atoms with Gasteiger partial charge in [-0.05, 0) is 43.7 Å². The number of nitrogens with one attached hydrogen (secondary N) is 1. The molecule has 0 aliphatic carbocycles. The fraction of sp³-hybridized carbons (Fsp3) is 0.267. The van der Waals surface area contributed by atoms with Crippen molar-refractivity contribution >= 4 is 27.5 Å². The lowest BCUT2D eigenvalue weighted by Gasteiger charge is -2.09. The molecule has 20 heavy (non-hydrogen) atoms. The number of aryl methyl sites for hydroxylation is 1. The number of carbonyl (C=O) groups excluding carboxylic acids is 1. The molecule has 0 fully saturated rings. The summed E-state index contributed by atoms with van der Waals surface area (Å²) in [4.78, 5) is 11.9. The average molecular weight is 338 g/mol. The van der Waals surface area contributed by atoms with E-state index in [2.05, 4.69) is 21.2 Å². The van der Waals surface area contributed by atoms with Gasteiger partial charge < -0.3 is 15.1 Å². The molecule has 1 heterocycles. The molecular formula is C15H18BrN2O2+. The SMILES string of the molecule is Cc1ccc(NC(=O)C[NH2+][C@H](C)c2ccco2)cc1Br. The summed E-state index contributed by atoms with van der Waals surface area (Å²) >= 11 is 3.45. The second-order valence-corrected chi connectivity index (χ2v) is 5.61. The Morgan fingerprint density at radius 3 is 2.90 bits per heavy atom. The molecule has 1 amide bonds. The third kappa shape index (κ3) is 3.95. The summed E-state index contributed by atoms with van der Waals surface area (Å²) in [5, 5.41) is 4.82. The highest BCUT2D eigenvalue weighted by atomic mass is 79.9. The Morgan fingerprint density at radius 1 is 1.45 bits per heavy atom. The van der Waals surface area contributed by atoms with E-state index in [-0.39, 0.29) is 11.9 Å². The molecule has 5 heteroatoms. The Bertz CT molecular complexity index is 582. The number of hydrogen-bond acceptors (Lipinski definition) is 2. The van der Waals surface area contributed by atoms with Crippen molar-refractivity contribution in [3.05, 3.63) is 52.4 Å². The zero-order chi connectivity index (χ0) is 14.5. The van der Waals surface area contributed by atoms with Crippen LogP contribution in [0.3, 0.4) is 0 Å². The van der Waals surface area contributed by atoms with Gasteiger partial charge in [-0.2, -0.15) is 0 Å². The first kappa shape index (κ1) is 14.8. The van der Waals surface area contributed by atoms with Gasteiger partial charge in [-0.3, -0.25) is 4.79 Å². The van der Waals surface area contributed by atoms with Gasteiger partial charge in [0.25, 0.3) is 5.91 Å². The summed E-state index contributed by atoms with van der Waals surface area (Å²) in [7, 11) is 0. The zero-order valence-corrected chi connectivity index (χ0v) is 13.1. The monoisotopic (exact) mass is 337 g/mol. The number of benzene rings is 1. The van der Waals surface area contributed by atoms with Gasteiger partial charge in [0.15, 0.2) is 12.3 Å². The average Bonchev–Trinajstić information content (AvgIpc) is 2.94. The van der Waals surface area contributed by atoms with Gasteiger partial charge in [-0.15, -0.1) is 0 Å². The van der Waals surface area contributed by atoms with Gasteiger partial charge in [-0.1, -0.05) is 22.0 Å². The molecule has 0 saturated carbocycles. The highest BCUT2D eigenvalue weighted by Gasteiger charge is 2.13. The fourth-order valence-electron chi connectivity index (χ4n) is 1.83. The third-order valence-electron chi connectivity index (χ3n) is 3.10. The number of anilines is 1. The first-order valence-electron chi connectivity index (χ1n) is 6.49. The number of amides is 1. The minimum absolute atomic E-state index is 0.0286. The molecule has 0 aliphatic rings. The number of nitrogens with two attached hydrogens (primary N) is 1. The topological polar surface area (TPSA) is 58.9 Å². The number of quaternary nitrogens is 1. The highest BCUT2D eigenvalue weighted by molar-refractivity contribution is 9.10. The van der Waals surface area contributed by atoms with Crippen LogP contribution < -0.4 is 10.6 Å². The normalized spacial score (nSPS) is 12.2. The van der Waals surface area contributed by atoms with Crippen molar-refractivity contribution in [3.63, 3.8) is 0 Å². The first-order valence-corrected chi connectivity index (χ1v) is 7.28. The van der Waals surface area contributed by atoms with Gasteiger partial charge in [0.2, 0.25) is 0 Å². The number of hydrogen-bond donors (Lipinski definition) is 2. The van der Waals surface area contributed by atoms with E-state index in [0.717, 1.165) is 21.5 Å². The standard InChI is InChI=1S/C15H17BrN2O2/c1-10-5-6-12(8-13(10)16)18-15(19)9-17-11(2)14-4-3-7-20-14/h3-8,11,17H,9H2,1-2H3,(H,18,19)/p+1/t11-/m1/s1. The quantitative estimate of drug-likeness (QED) is 0.880. The predicted octanol–water partition coefficient (Wildman–Crippen LogP) is 2.61. The molecule has 0 aliphatic heterocycles. The Balaban J connectivity index is 1.85. The van der Waals surface area contributed by atoms with E-state index in [1.54, 1.807) is 6.26 Å². The lowest BCUT2D eigenvalue weighted by molar-refractivity contribution is -0.684. The summed E-state index contributed by atoms with van der Waals surface area (Å²) in [6.07, 6.45) is 1.64. The van der Waals surface area contributed by atoms with Crippen LogP contribution in [0.5, 0.6) is 0 Å². The smallest absolute Gasteiger partial charge is 0.279 e. The van der Waals surface area contributed by atoms with Crippen LogP contribution in [0.1, 0.15) is 24.3 Å². The molecular weight excluding hydrogens is 320 g/mol. The number of rotatable bonds is 5. The van der Waals surface area contributed by atoms with Crippen molar-refractivity contribution in [2.75, 3.05) is 11.9 Å². The summed E-state index contributed by atoms with van der Waals surface area (Å²) in [5.74, 6) is 0.843. The molecule has 0 unspecified atom stereocenters. The molecule has 3 N–H and O–H groups in total. The number of furan rings is 1. The van der Waals surface area contributed by atoms with Crippen LogP contribution in [-0.2, 0) is 4.79 Å². The van der Waals surface area contributed by atoms with Gasteiger partial charge in [-0.25, -0.2) is 0 Å². The van der Waals surface area contributed by atoms with Crippen LogP contribution in [-0.4, -0.2) is 12.5 Å². The predicted molar refractivity (Wildman–Crippen MR) is 81.4 cm³/mol. The van der Waals surface area contributed by atoms with Gasteiger partial charge >= 0.3 is 0 Å². The maximum Gasteiger partial charge on any atom is 0.279 e. The Kier molecular flexibility index (Phi) is 4.98. The first-order chi connectivity index (χ1) is 9.56. The summed E-state index contributed by atoms with van der Waals surface area (Å²) in [5.41, 5.74) is 1.94. The Labute approximate surface area is 126 Å². The van der Waals surface area contributed by atoms with Gasteiger partial charge in [0.1, 0.15) is 6.04 Å². The van der Waals surface area contributed by atoms with E-state index in [9.17, 15) is 4.79 Å². The van der Waals surface area contributed by atoms with E-state index in [0.29, 0.717) is 6.54 Å². The molecule has 2 rings (SSSR count). The fourth-order valence-corrected chi connectivity index (χ4v) is 2.21. The van der Waals surface area contributed by atoms with Crippen molar-refractivity contribution in [2.24, 2.45) is 0 Å². The largest absolute Gasteiger partial charge is 0.463 e. The molecule has 106 valence electrons. The van der Waals surface area contributed by atoms with E-state index < -0.39 is 0 Å². The Morgan fingerprint density at radius 2 is 2.25 bits per heavy atom. The van der Waals surface area contributed by atoms with Crippen molar-refractivity contribution in [3.8, 4) is 0 Å². The lowest BCUT2D eigenvalue weighted by atomic mass is 10.2. The van der Waals surface area contributed by atoms with Gasteiger partial charge in [0.05, 0.1) is 6.26 Å². The molecule has 0 bridgehead atoms. The Hall–Kier alpha value is -1.59. The second kappa shape index (κ2) is 6.72. The van der Waals surface area contributed by atoms with Crippen LogP contribution in [0.25, 0.3) is 0 Å². The zero-order valence-electron chi connectivity index (χ0n) is 11.5. The van der Waals surface area contributed by atoms with E-state index in [1.165, 1.54) is 0 Å². The summed E-state index contributed by atoms with van der Waals surface area (Å²) in [6.45, 7) is 4.37. The van der Waals surface area contributed by atoms with Gasteiger partial charge in [0, 0.05) is 10.2 Å². The van der Waals surface area contributed by atoms with Crippen molar-refractivity contribution in [2.45, 2.75) is 19.9 Å². The number of halogens is 1. The molecule has 1 atom stereocenters. The molecule has 1 aromatic heterocycles. The minimum atomic E-state index is -0.0286. The van der Waals surface area contributed by atoms with Crippen molar-refractivity contribution in [1.82, 2.24) is 0 Å². The molecule has 1 aromatic carbocycles. The molecule has 2 aromatic rings. The minimum Gasteiger partial charge on any atom is -0.463 e. The molecule has 0 saturated heterocycles. The lowest BCUT2D eigenvalue weighted by Crippen LogP contribution is -2.86. The molecule has 4 nitrogen and oxygen atoms in total. The number of carbonyl (C=O) groups is 1. The van der Waals surface area contributed by atoms with Crippen LogP contribution in [0.4, 0.5) is 5.69 Å². The van der Waals surface area contributed by atoms with Crippen molar-refractivity contribution < 1.29 is 14.5 Å². The molecule has 0 radical (unpaired) electrons. The van der Waals surface area contributed by atoms with Crippen LogP contribution in [0.2, 0.25) is 0 Å². The van der Waals surface area contributed by atoms with E-state index in [1.807, 2.05) is 49.5 Å². The van der Waals surface area contributed by atoms with Crippen LogP contribution in [0, 0.1) is 6.92 Å². The summed E-state index contributed by atoms with van der Waals surface area (Å²) < 4.78 is 6.29. The van der Waals surface area contributed by atoms with E-state index in [4.69, 9.17) is 4.42 Å². The van der Waals surface area contributed by atoms with Crippen LogP contribution in [0.15, 0.2) is 45.5 Å². The highest BCUT2D eigenvalue weighted by Crippen LogP contribution is 2.20. The maximum atomic E-state index is 11.9. The second-order valence-electron chi connectivity index (χ2n) is 4.76. The summed E-state index contributed by atoms with van der Waals surface area (Å²) in [6, 6.07) is 9.66. The van der Waals surface area contributed by atoms with Crippen molar-refractivity contribution in [1.29, 1.82) is 0 Å². The third-order valence-corrected chi connectivity index (χ3v) is 3.96. The molecule has 0 spiro atoms.